The van der Waals surface area contributed by atoms with Crippen molar-refractivity contribution in [2.45, 2.75) is 30.1 Å². The van der Waals surface area contributed by atoms with Crippen molar-refractivity contribution in [2.24, 2.45) is 0 Å². The summed E-state index contributed by atoms with van der Waals surface area (Å²) in [4.78, 5) is 19.2. The van der Waals surface area contributed by atoms with E-state index in [1.54, 1.807) is 23.2 Å². The number of aromatic nitrogens is 1. The summed E-state index contributed by atoms with van der Waals surface area (Å²) in [5, 5.41) is 0. The van der Waals surface area contributed by atoms with Gasteiger partial charge in [-0.2, -0.15) is 0 Å². The number of fused-ring (bicyclic) bond motifs is 1. The third kappa shape index (κ3) is 5.57. The van der Waals surface area contributed by atoms with Crippen LogP contribution in [0.25, 0.3) is 0 Å². The molecule has 2 aromatic rings. The lowest BCUT2D eigenvalue weighted by atomic mass is 9.76. The summed E-state index contributed by atoms with van der Waals surface area (Å²) >= 11 is 0. The molecule has 8 nitrogen and oxygen atoms in total. The molecule has 3 heterocycles. The highest BCUT2D eigenvalue weighted by Gasteiger charge is 2.57. The number of carbonyl (C=O) groups is 1. The van der Waals surface area contributed by atoms with Crippen LogP contribution in [0, 0.1) is 0 Å². The molecular weight excluding hydrogens is 467 g/mol. The summed E-state index contributed by atoms with van der Waals surface area (Å²) in [7, 11) is 13.2. The van der Waals surface area contributed by atoms with Crippen LogP contribution in [0.3, 0.4) is 0 Å². The van der Waals surface area contributed by atoms with Gasteiger partial charge in [0.1, 0.15) is 34.0 Å². The van der Waals surface area contributed by atoms with Gasteiger partial charge < -0.3 is 23.8 Å². The second-order valence-corrected chi connectivity index (χ2v) is 8.04. The number of hydrogen-bond acceptors (Lipinski definition) is 7. The summed E-state index contributed by atoms with van der Waals surface area (Å²) in [6.07, 6.45) is -3.44. The smallest absolute Gasteiger partial charge is 0.493 e. The number of methoxy groups -OCH3 is 1. The monoisotopic (exact) mass is 488 g/mol. The summed E-state index contributed by atoms with van der Waals surface area (Å²) < 4.78 is 62.2. The van der Waals surface area contributed by atoms with Crippen LogP contribution in [0.15, 0.2) is 42.6 Å². The standard InChI is InChI=1S/C22H21B2F3N2O6/c1-31-16-12-14(5-6-15(16)32-10-11-33-22(25,26)27)19(30)29-9-7-20(17-4-2-3-8-28-17)18(13-29)34-21(23,24)35-20/h2-6,8,12,18H,7,9-11,13H2,1H3. The van der Waals surface area contributed by atoms with E-state index in [9.17, 15) is 18.0 Å². The Bertz CT molecular complexity index is 1060. The zero-order valence-electron chi connectivity index (χ0n) is 18.8. The van der Waals surface area contributed by atoms with Crippen molar-refractivity contribution in [2.75, 3.05) is 33.4 Å². The number of nitrogens with zero attached hydrogens (tertiary/aromatic N) is 2. The normalized spacial score (nSPS) is 23.5. The maximum Gasteiger partial charge on any atom is 0.522 e. The molecule has 2 aliphatic heterocycles. The van der Waals surface area contributed by atoms with E-state index in [2.05, 4.69) is 9.72 Å². The number of amides is 1. The van der Waals surface area contributed by atoms with E-state index in [1.165, 1.54) is 25.3 Å². The lowest BCUT2D eigenvalue weighted by Crippen LogP contribution is -2.53. The van der Waals surface area contributed by atoms with E-state index in [0.717, 1.165) is 0 Å². The average Bonchev–Trinajstić information content (AvgIpc) is 3.11. The van der Waals surface area contributed by atoms with E-state index in [0.29, 0.717) is 18.7 Å². The van der Waals surface area contributed by atoms with E-state index < -0.39 is 30.3 Å². The molecule has 13 heteroatoms. The van der Waals surface area contributed by atoms with Crippen LogP contribution in [0.1, 0.15) is 22.5 Å². The van der Waals surface area contributed by atoms with Gasteiger partial charge >= 0.3 is 6.36 Å². The van der Waals surface area contributed by atoms with Gasteiger partial charge in [0.15, 0.2) is 11.5 Å². The zero-order valence-corrected chi connectivity index (χ0v) is 18.8. The quantitative estimate of drug-likeness (QED) is 0.437. The van der Waals surface area contributed by atoms with Gasteiger partial charge in [-0.25, -0.2) is 0 Å². The Morgan fingerprint density at radius 3 is 2.71 bits per heavy atom. The molecule has 0 N–H and O–H groups in total. The van der Waals surface area contributed by atoms with Crippen LogP contribution >= 0.6 is 0 Å². The number of alkyl halides is 3. The average molecular weight is 488 g/mol. The molecule has 2 fully saturated rings. The number of pyridine rings is 1. The first-order chi connectivity index (χ1) is 16.5. The Balaban J connectivity index is 1.46. The van der Waals surface area contributed by atoms with E-state index in [4.69, 9.17) is 34.6 Å². The number of likely N-dealkylation sites (tertiary alicyclic amines) is 1. The largest absolute Gasteiger partial charge is 0.522 e. The van der Waals surface area contributed by atoms with Gasteiger partial charge in [-0.15, -0.1) is 13.2 Å². The number of rotatable bonds is 7. The summed E-state index contributed by atoms with van der Waals surface area (Å²) in [6, 6.07) is 9.76. The van der Waals surface area contributed by atoms with Crippen LogP contribution in [0.2, 0.25) is 0 Å². The molecule has 182 valence electrons. The first-order valence-corrected chi connectivity index (χ1v) is 10.7. The van der Waals surface area contributed by atoms with Crippen molar-refractivity contribution in [3.05, 3.63) is 53.9 Å². The number of carbonyl (C=O) groups excluding carboxylic acids is 1. The predicted octanol–water partition coefficient (Wildman–Crippen LogP) is 2.11. The van der Waals surface area contributed by atoms with Gasteiger partial charge in [0.2, 0.25) is 0 Å². The van der Waals surface area contributed by atoms with Gasteiger partial charge in [-0.1, -0.05) is 6.07 Å². The molecule has 2 aliphatic rings. The van der Waals surface area contributed by atoms with Crippen LogP contribution in [-0.2, 0) is 19.8 Å². The third-order valence-corrected chi connectivity index (χ3v) is 5.73. The molecule has 0 bridgehead atoms. The summed E-state index contributed by atoms with van der Waals surface area (Å²) in [5.41, 5.74) is -1.95. The van der Waals surface area contributed by atoms with Gasteiger partial charge in [-0.3, -0.25) is 14.5 Å². The molecule has 1 amide bonds. The van der Waals surface area contributed by atoms with Crippen molar-refractivity contribution in [1.29, 1.82) is 0 Å². The molecule has 4 rings (SSSR count). The molecule has 4 radical (unpaired) electrons. The summed E-state index contributed by atoms with van der Waals surface area (Å²) in [5.74, 6) is 0.0392. The maximum atomic E-state index is 13.3. The fraction of sp³-hybridized carbons (Fsp3) is 0.455. The third-order valence-electron chi connectivity index (χ3n) is 5.73. The lowest BCUT2D eigenvalue weighted by molar-refractivity contribution is -0.325. The zero-order chi connectivity index (χ0) is 25.3. The Morgan fingerprint density at radius 2 is 2.03 bits per heavy atom. The molecule has 0 saturated carbocycles. The Hall–Kier alpha value is -2.76. The van der Waals surface area contributed by atoms with Crippen molar-refractivity contribution in [3.63, 3.8) is 0 Å². The number of benzene rings is 1. The van der Waals surface area contributed by atoms with E-state index in [1.807, 2.05) is 6.07 Å². The molecule has 2 unspecified atom stereocenters. The highest BCUT2D eigenvalue weighted by molar-refractivity contribution is 6.38. The highest BCUT2D eigenvalue weighted by atomic mass is 19.4. The van der Waals surface area contributed by atoms with Crippen molar-refractivity contribution in [1.82, 2.24) is 9.88 Å². The molecule has 0 spiro atoms. The summed E-state index contributed by atoms with van der Waals surface area (Å²) in [6.45, 7) is -0.599. The number of hydrogen-bond donors (Lipinski definition) is 0. The number of halogens is 3. The second kappa shape index (κ2) is 9.71. The minimum absolute atomic E-state index is 0.140. The number of ether oxygens (including phenoxy) is 5. The number of piperidine rings is 1. The first kappa shape index (κ1) is 25.3. The fourth-order valence-electron chi connectivity index (χ4n) is 4.24. The Labute approximate surface area is 202 Å². The second-order valence-electron chi connectivity index (χ2n) is 8.04. The minimum atomic E-state index is -4.74. The van der Waals surface area contributed by atoms with Crippen LogP contribution < -0.4 is 9.47 Å². The van der Waals surface area contributed by atoms with Gasteiger partial charge in [0.25, 0.3) is 5.91 Å². The van der Waals surface area contributed by atoms with Gasteiger partial charge in [0.05, 0.1) is 31.5 Å². The Morgan fingerprint density at radius 1 is 1.23 bits per heavy atom. The molecule has 1 aromatic heterocycles. The first-order valence-electron chi connectivity index (χ1n) is 10.7. The molecule has 1 aromatic carbocycles. The van der Waals surface area contributed by atoms with Crippen LogP contribution in [-0.4, -0.2) is 82.9 Å². The highest BCUT2D eigenvalue weighted by Crippen LogP contribution is 2.46. The maximum absolute atomic E-state index is 13.3. The van der Waals surface area contributed by atoms with E-state index in [-0.39, 0.29) is 36.1 Å². The molecule has 0 aliphatic carbocycles. The van der Waals surface area contributed by atoms with Crippen LogP contribution in [0.5, 0.6) is 11.5 Å². The molecule has 2 saturated heterocycles. The van der Waals surface area contributed by atoms with Gasteiger partial charge in [0, 0.05) is 24.7 Å². The van der Waals surface area contributed by atoms with Crippen molar-refractivity contribution in [3.8, 4) is 11.5 Å². The minimum Gasteiger partial charge on any atom is -0.493 e. The molecule has 2 atom stereocenters. The SMILES string of the molecule is [B]C1([B])OC2CN(C(=O)c3ccc(OCCOC(F)(F)F)c(OC)c3)CCC2(c2ccccn2)O1. The van der Waals surface area contributed by atoms with Crippen molar-refractivity contribution >= 4 is 21.6 Å². The predicted molar refractivity (Wildman–Crippen MR) is 117 cm³/mol. The van der Waals surface area contributed by atoms with Gasteiger partial charge in [-0.05, 0) is 30.3 Å². The Kier molecular flexibility index (Phi) is 7.03. The lowest BCUT2D eigenvalue weighted by Gasteiger charge is -2.41. The molecular formula is C22H21B2F3N2O6. The van der Waals surface area contributed by atoms with Crippen LogP contribution in [0.4, 0.5) is 13.2 Å². The topological polar surface area (TPSA) is 79.4 Å². The molecule has 35 heavy (non-hydrogen) atoms. The fourth-order valence-corrected chi connectivity index (χ4v) is 4.24. The van der Waals surface area contributed by atoms with Crippen molar-refractivity contribution < 1.29 is 41.7 Å². The van der Waals surface area contributed by atoms with E-state index >= 15 is 0 Å².